The first kappa shape index (κ1) is 17.0. The summed E-state index contributed by atoms with van der Waals surface area (Å²) in [5.74, 6) is 0.739. The number of benzene rings is 2. The summed E-state index contributed by atoms with van der Waals surface area (Å²) in [6, 6.07) is 15.0. The lowest BCUT2D eigenvalue weighted by Gasteiger charge is -2.08. The first-order valence-electron chi connectivity index (χ1n) is 7.83. The van der Waals surface area contributed by atoms with Gasteiger partial charge in [-0.25, -0.2) is 0 Å². The number of hydrogen-bond acceptors (Lipinski definition) is 3. The maximum Gasteiger partial charge on any atom is 0.263 e. The number of hydrogen-bond donors (Lipinski definition) is 2. The second kappa shape index (κ2) is 7.40. The van der Waals surface area contributed by atoms with Crippen LogP contribution >= 0.6 is 11.6 Å². The van der Waals surface area contributed by atoms with Gasteiger partial charge in [0, 0.05) is 16.3 Å². The molecule has 1 heterocycles. The van der Waals surface area contributed by atoms with Crippen LogP contribution in [0.2, 0.25) is 5.02 Å². The molecule has 1 amide bonds. The van der Waals surface area contributed by atoms with Crippen LogP contribution < -0.4 is 10.1 Å². The van der Waals surface area contributed by atoms with Gasteiger partial charge < -0.3 is 10.1 Å². The van der Waals surface area contributed by atoms with Crippen LogP contribution in [0.4, 0.5) is 5.82 Å². The molecule has 25 heavy (non-hydrogen) atoms. The number of aryl methyl sites for hydroxylation is 2. The molecular formula is C19H18ClN3O2. The summed E-state index contributed by atoms with van der Waals surface area (Å²) in [5, 5.41) is 10.5. The third kappa shape index (κ3) is 4.19. The number of aromatic amines is 1. The van der Waals surface area contributed by atoms with Crippen LogP contribution in [0, 0.1) is 13.8 Å². The fourth-order valence-electron chi connectivity index (χ4n) is 2.55. The quantitative estimate of drug-likeness (QED) is 0.714. The summed E-state index contributed by atoms with van der Waals surface area (Å²) in [7, 11) is 0. The molecule has 2 N–H and O–H groups in total. The molecule has 0 spiro atoms. The summed E-state index contributed by atoms with van der Waals surface area (Å²) < 4.78 is 5.46. The topological polar surface area (TPSA) is 67.0 Å². The summed E-state index contributed by atoms with van der Waals surface area (Å²) in [4.78, 5) is 12.2. The van der Waals surface area contributed by atoms with Crippen LogP contribution in [0.15, 0.2) is 48.5 Å². The number of rotatable bonds is 5. The molecule has 0 saturated carbocycles. The normalized spacial score (nSPS) is 10.5. The largest absolute Gasteiger partial charge is 0.484 e. The molecule has 0 atom stereocenters. The Morgan fingerprint density at radius 1 is 1.20 bits per heavy atom. The van der Waals surface area contributed by atoms with E-state index >= 15 is 0 Å². The van der Waals surface area contributed by atoms with Crippen LogP contribution in [0.25, 0.3) is 11.1 Å². The van der Waals surface area contributed by atoms with Gasteiger partial charge in [0.25, 0.3) is 5.91 Å². The van der Waals surface area contributed by atoms with Crippen LogP contribution in [-0.4, -0.2) is 22.7 Å². The summed E-state index contributed by atoms with van der Waals surface area (Å²) >= 11 is 5.90. The van der Waals surface area contributed by atoms with Crippen molar-refractivity contribution in [2.45, 2.75) is 13.8 Å². The van der Waals surface area contributed by atoms with E-state index in [1.807, 2.05) is 32.0 Å². The molecule has 0 aliphatic carbocycles. The van der Waals surface area contributed by atoms with Crippen molar-refractivity contribution in [1.82, 2.24) is 10.2 Å². The lowest BCUT2D eigenvalue weighted by atomic mass is 10.0. The zero-order chi connectivity index (χ0) is 17.8. The van der Waals surface area contributed by atoms with Crippen LogP contribution in [0.5, 0.6) is 5.75 Å². The first-order valence-corrected chi connectivity index (χ1v) is 8.21. The van der Waals surface area contributed by atoms with Gasteiger partial charge in [-0.1, -0.05) is 47.5 Å². The fraction of sp³-hybridized carbons (Fsp3) is 0.158. The molecule has 128 valence electrons. The SMILES string of the molecule is Cc1cccc(-c2c(NC(=O)COc3cccc(Cl)c3)n[nH]c2C)c1. The van der Waals surface area contributed by atoms with Gasteiger partial charge in [-0.05, 0) is 37.6 Å². The van der Waals surface area contributed by atoms with Crippen molar-refractivity contribution in [3.05, 3.63) is 64.8 Å². The predicted octanol–water partition coefficient (Wildman–Crippen LogP) is 4.36. The minimum absolute atomic E-state index is 0.125. The van der Waals surface area contributed by atoms with E-state index in [4.69, 9.17) is 16.3 Å². The predicted molar refractivity (Wildman–Crippen MR) is 99.1 cm³/mol. The Kier molecular flexibility index (Phi) is 5.05. The smallest absolute Gasteiger partial charge is 0.263 e. The molecule has 3 aromatic rings. The molecule has 0 unspecified atom stereocenters. The van der Waals surface area contributed by atoms with Gasteiger partial charge in [-0.2, -0.15) is 5.10 Å². The third-order valence-electron chi connectivity index (χ3n) is 3.68. The van der Waals surface area contributed by atoms with Crippen molar-refractivity contribution < 1.29 is 9.53 Å². The number of anilines is 1. The average Bonchev–Trinajstić information content (AvgIpc) is 2.93. The van der Waals surface area contributed by atoms with E-state index in [1.165, 1.54) is 0 Å². The molecule has 6 heteroatoms. The van der Waals surface area contributed by atoms with Crippen LogP contribution in [0.3, 0.4) is 0 Å². The molecule has 0 aliphatic heterocycles. The molecule has 5 nitrogen and oxygen atoms in total. The fourth-order valence-corrected chi connectivity index (χ4v) is 2.73. The molecule has 3 rings (SSSR count). The standard InChI is InChI=1S/C19H18ClN3O2/c1-12-5-3-6-14(9-12)18-13(2)22-23-19(18)21-17(24)11-25-16-8-4-7-15(20)10-16/h3-10H,11H2,1-2H3,(H2,21,22,23,24). The van der Waals surface area contributed by atoms with Gasteiger partial charge in [0.2, 0.25) is 0 Å². The second-order valence-electron chi connectivity index (χ2n) is 5.74. The van der Waals surface area contributed by atoms with Gasteiger partial charge in [0.1, 0.15) is 5.75 Å². The monoisotopic (exact) mass is 355 g/mol. The molecule has 0 radical (unpaired) electrons. The minimum Gasteiger partial charge on any atom is -0.484 e. The lowest BCUT2D eigenvalue weighted by molar-refractivity contribution is -0.118. The maximum atomic E-state index is 12.2. The van der Waals surface area contributed by atoms with Gasteiger partial charge >= 0.3 is 0 Å². The molecule has 0 aliphatic rings. The Labute approximate surface area is 151 Å². The van der Waals surface area contributed by atoms with Crippen molar-refractivity contribution in [3.8, 4) is 16.9 Å². The van der Waals surface area contributed by atoms with E-state index in [0.717, 1.165) is 22.4 Å². The van der Waals surface area contributed by atoms with Gasteiger partial charge in [-0.3, -0.25) is 9.89 Å². The zero-order valence-corrected chi connectivity index (χ0v) is 14.7. The summed E-state index contributed by atoms with van der Waals surface area (Å²) in [5.41, 5.74) is 3.90. The van der Waals surface area contributed by atoms with Gasteiger partial charge in [-0.15, -0.1) is 0 Å². The number of carbonyl (C=O) groups excluding carboxylic acids is 1. The van der Waals surface area contributed by atoms with Gasteiger partial charge in [0.05, 0.1) is 0 Å². The molecular weight excluding hydrogens is 338 g/mol. The van der Waals surface area contributed by atoms with Crippen molar-refractivity contribution in [2.24, 2.45) is 0 Å². The highest BCUT2D eigenvalue weighted by atomic mass is 35.5. The maximum absolute atomic E-state index is 12.2. The van der Waals surface area contributed by atoms with E-state index in [0.29, 0.717) is 16.6 Å². The highest BCUT2D eigenvalue weighted by Crippen LogP contribution is 2.29. The number of amides is 1. The Bertz CT molecular complexity index is 905. The zero-order valence-electron chi connectivity index (χ0n) is 14.0. The molecule has 0 fully saturated rings. The number of H-pyrrole nitrogens is 1. The Morgan fingerprint density at radius 2 is 2.00 bits per heavy atom. The van der Waals surface area contributed by atoms with Gasteiger partial charge in [0.15, 0.2) is 12.4 Å². The molecule has 1 aromatic heterocycles. The Morgan fingerprint density at radius 3 is 2.76 bits per heavy atom. The number of aromatic nitrogens is 2. The van der Waals surface area contributed by atoms with Crippen molar-refractivity contribution in [2.75, 3.05) is 11.9 Å². The molecule has 2 aromatic carbocycles. The second-order valence-corrected chi connectivity index (χ2v) is 6.17. The molecule has 0 saturated heterocycles. The number of nitrogens with zero attached hydrogens (tertiary/aromatic N) is 1. The molecule has 0 bridgehead atoms. The first-order chi connectivity index (χ1) is 12.0. The Hall–Kier alpha value is -2.79. The van der Waals surface area contributed by atoms with E-state index in [1.54, 1.807) is 24.3 Å². The summed E-state index contributed by atoms with van der Waals surface area (Å²) in [6.45, 7) is 3.82. The minimum atomic E-state index is -0.291. The van der Waals surface area contributed by atoms with E-state index < -0.39 is 0 Å². The van der Waals surface area contributed by atoms with E-state index in [-0.39, 0.29) is 12.5 Å². The van der Waals surface area contributed by atoms with Crippen molar-refractivity contribution >= 4 is 23.3 Å². The van der Waals surface area contributed by atoms with E-state index in [2.05, 4.69) is 21.6 Å². The number of nitrogens with one attached hydrogen (secondary N) is 2. The van der Waals surface area contributed by atoms with Crippen LogP contribution in [0.1, 0.15) is 11.3 Å². The van der Waals surface area contributed by atoms with Crippen molar-refractivity contribution in [3.63, 3.8) is 0 Å². The van der Waals surface area contributed by atoms with Crippen molar-refractivity contribution in [1.29, 1.82) is 0 Å². The highest BCUT2D eigenvalue weighted by Gasteiger charge is 2.15. The van der Waals surface area contributed by atoms with Crippen LogP contribution in [-0.2, 0) is 4.79 Å². The number of carbonyl (C=O) groups is 1. The van der Waals surface area contributed by atoms with E-state index in [9.17, 15) is 4.79 Å². The summed E-state index contributed by atoms with van der Waals surface area (Å²) in [6.07, 6.45) is 0. The number of ether oxygens (including phenoxy) is 1. The highest BCUT2D eigenvalue weighted by molar-refractivity contribution is 6.30. The average molecular weight is 356 g/mol. The number of halogens is 1. The third-order valence-corrected chi connectivity index (χ3v) is 3.91. The Balaban J connectivity index is 1.72. The lowest BCUT2D eigenvalue weighted by Crippen LogP contribution is -2.20.